The number of hydrogen-bond donors (Lipinski definition) is 0. The second kappa shape index (κ2) is 14.0. The van der Waals surface area contributed by atoms with Crippen LogP contribution in [0.4, 0.5) is 0 Å². The summed E-state index contributed by atoms with van der Waals surface area (Å²) in [5, 5.41) is 0. The van der Waals surface area contributed by atoms with E-state index >= 15 is 0 Å². The van der Waals surface area contributed by atoms with Crippen LogP contribution in [0.15, 0.2) is 69.6 Å². The smallest absolute Gasteiger partial charge is 0.166 e. The predicted molar refractivity (Wildman–Crippen MR) is 121 cm³/mol. The van der Waals surface area contributed by atoms with Crippen LogP contribution in [0, 0.1) is 0 Å². The van der Waals surface area contributed by atoms with Crippen LogP contribution < -0.4 is 0 Å². The fourth-order valence-electron chi connectivity index (χ4n) is 3.00. The maximum Gasteiger partial charge on any atom is 0.166 e. The third kappa shape index (κ3) is 11.6. The summed E-state index contributed by atoms with van der Waals surface area (Å²) in [4.78, 5) is 11.9. The highest BCUT2D eigenvalue weighted by molar-refractivity contribution is 5.95. The highest BCUT2D eigenvalue weighted by atomic mass is 16.3. The molecule has 0 atom stereocenters. The van der Waals surface area contributed by atoms with Crippen molar-refractivity contribution >= 4 is 5.78 Å². The predicted octanol–water partition coefficient (Wildman–Crippen LogP) is 8.39. The van der Waals surface area contributed by atoms with E-state index in [-0.39, 0.29) is 5.78 Å². The summed E-state index contributed by atoms with van der Waals surface area (Å²) < 4.78 is 4.96. The minimum absolute atomic E-state index is 0.151. The summed E-state index contributed by atoms with van der Waals surface area (Å²) in [6.45, 7) is 10.9. The van der Waals surface area contributed by atoms with E-state index in [0.29, 0.717) is 12.0 Å². The van der Waals surface area contributed by atoms with Gasteiger partial charge in [-0.3, -0.25) is 4.79 Å². The molecule has 1 aromatic rings. The highest BCUT2D eigenvalue weighted by Gasteiger charge is 2.05. The van der Waals surface area contributed by atoms with Crippen molar-refractivity contribution in [3.05, 3.63) is 70.8 Å². The number of hydrogen-bond acceptors (Lipinski definition) is 2. The first kappa shape index (κ1) is 23.9. The number of allylic oxidation sites excluding steroid dienone is 8. The van der Waals surface area contributed by atoms with Crippen molar-refractivity contribution < 1.29 is 9.21 Å². The van der Waals surface area contributed by atoms with E-state index in [1.807, 2.05) is 0 Å². The normalized spacial score (nSPS) is 13.0. The fourth-order valence-corrected chi connectivity index (χ4v) is 3.00. The lowest BCUT2D eigenvalue weighted by atomic mass is 10.0. The van der Waals surface area contributed by atoms with Gasteiger partial charge < -0.3 is 4.42 Å². The second-order valence-electron chi connectivity index (χ2n) is 8.02. The van der Waals surface area contributed by atoms with Gasteiger partial charge in [-0.2, -0.15) is 0 Å². The average molecular weight is 383 g/mol. The van der Waals surface area contributed by atoms with E-state index in [0.717, 1.165) is 38.5 Å². The number of carbonyl (C=O) groups is 1. The maximum absolute atomic E-state index is 11.9. The zero-order valence-electron chi connectivity index (χ0n) is 18.5. The molecular weight excluding hydrogens is 344 g/mol. The monoisotopic (exact) mass is 382 g/mol. The maximum atomic E-state index is 11.9. The Hall–Kier alpha value is -2.09. The van der Waals surface area contributed by atoms with Gasteiger partial charge in [-0.1, -0.05) is 46.6 Å². The lowest BCUT2D eigenvalue weighted by Gasteiger charge is -2.03. The number of carbonyl (C=O) groups excluding carboxylic acids is 1. The van der Waals surface area contributed by atoms with Crippen LogP contribution in [0.5, 0.6) is 0 Å². The summed E-state index contributed by atoms with van der Waals surface area (Å²) in [5.41, 5.74) is 6.40. The van der Waals surface area contributed by atoms with Crippen LogP contribution in [-0.4, -0.2) is 5.78 Å². The molecule has 0 fully saturated rings. The molecule has 0 spiro atoms. The molecule has 2 heteroatoms. The summed E-state index contributed by atoms with van der Waals surface area (Å²) >= 11 is 0. The van der Waals surface area contributed by atoms with Crippen LogP contribution in [0.3, 0.4) is 0 Å². The molecule has 1 aromatic heterocycles. The van der Waals surface area contributed by atoms with E-state index < -0.39 is 0 Å². The molecular formula is C26H38O2. The fraction of sp³-hybridized carbons (Fsp3) is 0.500. The van der Waals surface area contributed by atoms with Gasteiger partial charge in [-0.05, 0) is 85.6 Å². The Bertz CT molecular complexity index is 693. The molecule has 0 aliphatic heterocycles. The van der Waals surface area contributed by atoms with Gasteiger partial charge in [0.1, 0.15) is 6.26 Å². The zero-order chi connectivity index (χ0) is 20.8. The Balaban J connectivity index is 2.22. The molecule has 0 saturated heterocycles. The van der Waals surface area contributed by atoms with E-state index in [1.165, 1.54) is 35.0 Å². The number of rotatable bonds is 13. The number of furan rings is 1. The third-order valence-corrected chi connectivity index (χ3v) is 4.86. The molecule has 0 radical (unpaired) electrons. The summed E-state index contributed by atoms with van der Waals surface area (Å²) in [6, 6.07) is 1.73. The summed E-state index contributed by atoms with van der Waals surface area (Å²) in [7, 11) is 0. The van der Waals surface area contributed by atoms with Gasteiger partial charge in [0.05, 0.1) is 11.8 Å². The molecule has 2 nitrogen and oxygen atoms in total. The van der Waals surface area contributed by atoms with Gasteiger partial charge in [0.15, 0.2) is 5.78 Å². The van der Waals surface area contributed by atoms with E-state index in [2.05, 4.69) is 58.9 Å². The minimum Gasteiger partial charge on any atom is -0.472 e. The lowest BCUT2D eigenvalue weighted by Crippen LogP contribution is -1.95. The molecule has 0 saturated carbocycles. The van der Waals surface area contributed by atoms with Gasteiger partial charge >= 0.3 is 0 Å². The van der Waals surface area contributed by atoms with Crippen molar-refractivity contribution in [3.63, 3.8) is 0 Å². The Morgan fingerprint density at radius 2 is 1.21 bits per heavy atom. The molecule has 0 unspecified atom stereocenters. The van der Waals surface area contributed by atoms with Crippen molar-refractivity contribution in [3.8, 4) is 0 Å². The molecule has 0 aliphatic rings. The topological polar surface area (TPSA) is 30.2 Å². The Labute approximate surface area is 172 Å². The van der Waals surface area contributed by atoms with E-state index in [1.54, 1.807) is 12.3 Å². The Kier molecular flexibility index (Phi) is 12.0. The lowest BCUT2D eigenvalue weighted by molar-refractivity contribution is 0.0983. The van der Waals surface area contributed by atoms with Gasteiger partial charge in [0.25, 0.3) is 0 Å². The highest BCUT2D eigenvalue weighted by Crippen LogP contribution is 2.14. The number of ketones is 1. The quantitative estimate of drug-likeness (QED) is 0.253. The Morgan fingerprint density at radius 3 is 1.64 bits per heavy atom. The van der Waals surface area contributed by atoms with Gasteiger partial charge in [-0.15, -0.1) is 0 Å². The van der Waals surface area contributed by atoms with Gasteiger partial charge in [0, 0.05) is 6.42 Å². The average Bonchev–Trinajstić information content (AvgIpc) is 3.16. The van der Waals surface area contributed by atoms with Crippen LogP contribution in [0.2, 0.25) is 0 Å². The third-order valence-electron chi connectivity index (χ3n) is 4.86. The van der Waals surface area contributed by atoms with Crippen molar-refractivity contribution in [1.82, 2.24) is 0 Å². The van der Waals surface area contributed by atoms with Crippen LogP contribution in [0.1, 0.15) is 96.3 Å². The first-order valence-electron chi connectivity index (χ1n) is 10.5. The molecule has 0 amide bonds. The van der Waals surface area contributed by atoms with Crippen LogP contribution in [-0.2, 0) is 0 Å². The van der Waals surface area contributed by atoms with Crippen molar-refractivity contribution in [2.75, 3.05) is 0 Å². The van der Waals surface area contributed by atoms with Crippen molar-refractivity contribution in [1.29, 1.82) is 0 Å². The minimum atomic E-state index is 0.151. The van der Waals surface area contributed by atoms with E-state index in [9.17, 15) is 4.79 Å². The van der Waals surface area contributed by atoms with Gasteiger partial charge in [-0.25, -0.2) is 0 Å². The number of Topliss-reactive ketones (excluding diaryl/α,β-unsaturated/α-hetero) is 1. The molecule has 154 valence electrons. The summed E-state index contributed by atoms with van der Waals surface area (Å²) in [6.07, 6.45) is 20.4. The molecule has 1 rings (SSSR count). The first-order chi connectivity index (χ1) is 13.4. The Morgan fingerprint density at radius 1 is 0.750 bits per heavy atom. The van der Waals surface area contributed by atoms with Crippen molar-refractivity contribution in [2.24, 2.45) is 0 Å². The first-order valence-corrected chi connectivity index (χ1v) is 10.5. The molecule has 1 heterocycles. The molecule has 0 aromatic carbocycles. The molecule has 0 aliphatic carbocycles. The second-order valence-corrected chi connectivity index (χ2v) is 8.02. The molecule has 0 bridgehead atoms. The van der Waals surface area contributed by atoms with E-state index in [4.69, 9.17) is 4.42 Å². The van der Waals surface area contributed by atoms with Gasteiger partial charge in [0.2, 0.25) is 0 Å². The SMILES string of the molecule is CC(C)=CCCC(C)=CCCC(C)=CCCC(C)=CCCC(=O)c1ccoc1. The van der Waals surface area contributed by atoms with Crippen LogP contribution in [0.25, 0.3) is 0 Å². The largest absolute Gasteiger partial charge is 0.472 e. The molecule has 28 heavy (non-hydrogen) atoms. The zero-order valence-corrected chi connectivity index (χ0v) is 18.5. The standard InChI is InChI=1S/C26H38O2/c1-21(2)10-6-11-22(3)12-7-13-23(4)14-8-15-24(5)16-9-17-26(27)25-18-19-28-20-25/h10,12,14,16,18-20H,6-9,11,13,15,17H2,1-5H3. The summed E-state index contributed by atoms with van der Waals surface area (Å²) in [5.74, 6) is 0.151. The molecule has 0 N–H and O–H groups in total. The van der Waals surface area contributed by atoms with Crippen LogP contribution >= 0.6 is 0 Å². The van der Waals surface area contributed by atoms with Crippen molar-refractivity contribution in [2.45, 2.75) is 86.0 Å².